The summed E-state index contributed by atoms with van der Waals surface area (Å²) in [5.41, 5.74) is 4.05. The molecular formula is C24H21N3O7S. The molecule has 0 atom stereocenters. The van der Waals surface area contributed by atoms with Crippen molar-refractivity contribution in [3.05, 3.63) is 70.0 Å². The first-order chi connectivity index (χ1) is 16.9. The number of nitrogens with zero attached hydrogens (tertiary/aromatic N) is 1. The van der Waals surface area contributed by atoms with Gasteiger partial charge in [-0.05, 0) is 56.0 Å². The molecule has 1 aliphatic carbocycles. The molecule has 0 fully saturated rings. The third kappa shape index (κ3) is 5.14. The predicted octanol–water partition coefficient (Wildman–Crippen LogP) is 3.31. The topological polar surface area (TPSA) is 136 Å². The summed E-state index contributed by atoms with van der Waals surface area (Å²) in [6, 6.07) is 9.62. The number of amides is 2. The van der Waals surface area contributed by atoms with Crippen LogP contribution in [0.25, 0.3) is 0 Å². The summed E-state index contributed by atoms with van der Waals surface area (Å²) in [5, 5.41) is 6.73. The summed E-state index contributed by atoms with van der Waals surface area (Å²) >= 11 is 1.26. The number of carbonyl (C=O) groups excluding carboxylic acids is 4. The van der Waals surface area contributed by atoms with E-state index in [-0.39, 0.29) is 22.1 Å². The Morgan fingerprint density at radius 3 is 2.57 bits per heavy atom. The largest absolute Gasteiger partial charge is 0.465 e. The SMILES string of the molecule is COC(=O)c1c(NC(=O)C(=O)N/N=C(\C)c2ccccc2OC(=O)c2ccco2)sc2c1CCC2. The summed E-state index contributed by atoms with van der Waals surface area (Å²) in [6.45, 7) is 1.58. The highest BCUT2D eigenvalue weighted by molar-refractivity contribution is 7.17. The lowest BCUT2D eigenvalue weighted by Gasteiger charge is -2.09. The van der Waals surface area contributed by atoms with Crippen molar-refractivity contribution in [2.45, 2.75) is 26.2 Å². The third-order valence-corrected chi connectivity index (χ3v) is 6.48. The van der Waals surface area contributed by atoms with Crippen LogP contribution in [-0.4, -0.2) is 36.6 Å². The summed E-state index contributed by atoms with van der Waals surface area (Å²) in [5.74, 6) is -3.03. The fourth-order valence-electron chi connectivity index (χ4n) is 3.62. The first-order valence-electron chi connectivity index (χ1n) is 10.6. The lowest BCUT2D eigenvalue weighted by Crippen LogP contribution is -2.33. The number of ether oxygens (including phenoxy) is 2. The van der Waals surface area contributed by atoms with Crippen LogP contribution in [0.15, 0.2) is 52.2 Å². The minimum atomic E-state index is -1.03. The van der Waals surface area contributed by atoms with Gasteiger partial charge in [0.15, 0.2) is 0 Å². The van der Waals surface area contributed by atoms with E-state index in [1.165, 1.54) is 30.8 Å². The van der Waals surface area contributed by atoms with Crippen molar-refractivity contribution >= 4 is 45.8 Å². The number of hydrogen-bond acceptors (Lipinski definition) is 9. The van der Waals surface area contributed by atoms with Gasteiger partial charge >= 0.3 is 23.8 Å². The van der Waals surface area contributed by atoms with Gasteiger partial charge in [0.25, 0.3) is 0 Å². The number of esters is 2. The van der Waals surface area contributed by atoms with Gasteiger partial charge in [0.2, 0.25) is 5.76 Å². The molecule has 180 valence electrons. The molecule has 2 aromatic heterocycles. The lowest BCUT2D eigenvalue weighted by atomic mass is 10.1. The van der Waals surface area contributed by atoms with Crippen LogP contribution in [-0.2, 0) is 27.2 Å². The Hall–Kier alpha value is -4.25. The van der Waals surface area contributed by atoms with E-state index in [9.17, 15) is 19.2 Å². The van der Waals surface area contributed by atoms with Gasteiger partial charge in [-0.2, -0.15) is 5.10 Å². The number of aryl methyl sites for hydroxylation is 1. The number of benzene rings is 1. The molecule has 2 amide bonds. The number of para-hydroxylation sites is 1. The van der Waals surface area contributed by atoms with Gasteiger partial charge in [-0.25, -0.2) is 15.0 Å². The Bertz CT molecular complexity index is 1320. The zero-order valence-corrected chi connectivity index (χ0v) is 19.7. The molecule has 11 heteroatoms. The van der Waals surface area contributed by atoms with Gasteiger partial charge in [-0.15, -0.1) is 11.3 Å². The second-order valence-electron chi connectivity index (χ2n) is 7.51. The summed E-state index contributed by atoms with van der Waals surface area (Å²) in [6.07, 6.45) is 3.80. The maximum absolute atomic E-state index is 12.5. The van der Waals surface area contributed by atoms with Crippen molar-refractivity contribution < 1.29 is 33.1 Å². The fraction of sp³-hybridized carbons (Fsp3) is 0.208. The quantitative estimate of drug-likeness (QED) is 0.176. The van der Waals surface area contributed by atoms with Crippen LogP contribution in [0.2, 0.25) is 0 Å². The molecule has 0 aliphatic heterocycles. The van der Waals surface area contributed by atoms with Crippen LogP contribution in [0.5, 0.6) is 5.75 Å². The van der Waals surface area contributed by atoms with E-state index in [1.54, 1.807) is 37.3 Å². The van der Waals surface area contributed by atoms with Crippen LogP contribution >= 0.6 is 11.3 Å². The number of methoxy groups -OCH3 is 1. The monoisotopic (exact) mass is 495 g/mol. The van der Waals surface area contributed by atoms with Crippen LogP contribution in [0, 0.1) is 0 Å². The molecule has 0 saturated heterocycles. The predicted molar refractivity (Wildman–Crippen MR) is 127 cm³/mol. The number of hydrogen-bond donors (Lipinski definition) is 2. The number of furan rings is 1. The molecule has 1 aromatic carbocycles. The van der Waals surface area contributed by atoms with Gasteiger partial charge in [0.05, 0.1) is 24.6 Å². The van der Waals surface area contributed by atoms with Gasteiger partial charge in [0, 0.05) is 10.4 Å². The number of fused-ring (bicyclic) bond motifs is 1. The van der Waals surface area contributed by atoms with Crippen molar-refractivity contribution in [2.24, 2.45) is 5.10 Å². The summed E-state index contributed by atoms with van der Waals surface area (Å²) in [4.78, 5) is 50.3. The minimum Gasteiger partial charge on any atom is -0.465 e. The van der Waals surface area contributed by atoms with Crippen LogP contribution in [0.1, 0.15) is 50.3 Å². The van der Waals surface area contributed by atoms with E-state index < -0.39 is 23.8 Å². The summed E-state index contributed by atoms with van der Waals surface area (Å²) < 4.78 is 15.3. The van der Waals surface area contributed by atoms with Gasteiger partial charge < -0.3 is 19.2 Å². The van der Waals surface area contributed by atoms with Gasteiger partial charge in [-0.1, -0.05) is 12.1 Å². The first kappa shape index (κ1) is 23.9. The Kier molecular flexibility index (Phi) is 7.06. The number of carbonyl (C=O) groups is 4. The van der Waals surface area contributed by atoms with Crippen LogP contribution in [0.3, 0.4) is 0 Å². The van der Waals surface area contributed by atoms with E-state index in [1.807, 2.05) is 0 Å². The molecular weight excluding hydrogens is 474 g/mol. The Labute approximate surface area is 203 Å². The Morgan fingerprint density at radius 1 is 1.03 bits per heavy atom. The molecule has 35 heavy (non-hydrogen) atoms. The number of hydrazone groups is 1. The van der Waals surface area contributed by atoms with Crippen molar-refractivity contribution in [3.63, 3.8) is 0 Å². The van der Waals surface area contributed by atoms with Crippen LogP contribution < -0.4 is 15.5 Å². The molecule has 4 rings (SSSR count). The molecule has 0 spiro atoms. The molecule has 10 nitrogen and oxygen atoms in total. The molecule has 1 aliphatic rings. The highest BCUT2D eigenvalue weighted by Crippen LogP contribution is 2.39. The molecule has 2 heterocycles. The van der Waals surface area contributed by atoms with E-state index in [4.69, 9.17) is 13.9 Å². The van der Waals surface area contributed by atoms with Crippen molar-refractivity contribution in [3.8, 4) is 5.75 Å². The van der Waals surface area contributed by atoms with Gasteiger partial charge in [-0.3, -0.25) is 9.59 Å². The molecule has 3 aromatic rings. The molecule has 0 bridgehead atoms. The van der Waals surface area contributed by atoms with Gasteiger partial charge in [0.1, 0.15) is 10.8 Å². The highest BCUT2D eigenvalue weighted by Gasteiger charge is 2.29. The zero-order chi connectivity index (χ0) is 24.9. The van der Waals surface area contributed by atoms with E-state index in [0.717, 1.165) is 23.3 Å². The van der Waals surface area contributed by atoms with Crippen molar-refractivity contribution in [1.82, 2.24) is 5.43 Å². The second-order valence-corrected chi connectivity index (χ2v) is 8.61. The zero-order valence-electron chi connectivity index (χ0n) is 18.9. The second kappa shape index (κ2) is 10.3. The summed E-state index contributed by atoms with van der Waals surface area (Å²) in [7, 11) is 1.26. The average molecular weight is 496 g/mol. The lowest BCUT2D eigenvalue weighted by molar-refractivity contribution is -0.136. The van der Waals surface area contributed by atoms with Crippen LogP contribution in [0.4, 0.5) is 5.00 Å². The Morgan fingerprint density at radius 2 is 1.83 bits per heavy atom. The molecule has 0 radical (unpaired) electrons. The maximum Gasteiger partial charge on any atom is 0.379 e. The van der Waals surface area contributed by atoms with E-state index in [2.05, 4.69) is 15.8 Å². The van der Waals surface area contributed by atoms with Crippen molar-refractivity contribution in [2.75, 3.05) is 12.4 Å². The number of nitrogens with one attached hydrogen (secondary N) is 2. The standard InChI is InChI=1S/C24H21N3O7S/c1-13(14-7-3-4-9-16(14)34-23(30)17-10-6-12-33-17)26-27-21(29)20(28)25-22-19(24(31)32-2)15-8-5-11-18(15)35-22/h3-4,6-7,9-10,12H,5,8,11H2,1-2H3,(H,25,28)(H,27,29)/b26-13+. The number of rotatable bonds is 6. The third-order valence-electron chi connectivity index (χ3n) is 5.27. The maximum atomic E-state index is 12.5. The number of anilines is 1. The van der Waals surface area contributed by atoms with E-state index in [0.29, 0.717) is 17.7 Å². The molecule has 0 saturated carbocycles. The fourth-order valence-corrected chi connectivity index (χ4v) is 4.89. The minimum absolute atomic E-state index is 0.0326. The Balaban J connectivity index is 1.45. The van der Waals surface area contributed by atoms with Crippen molar-refractivity contribution in [1.29, 1.82) is 0 Å². The number of thiophene rings is 1. The smallest absolute Gasteiger partial charge is 0.379 e. The molecule has 2 N–H and O–H groups in total. The molecule has 0 unspecified atom stereocenters. The average Bonchev–Trinajstić information content (AvgIpc) is 3.60. The highest BCUT2D eigenvalue weighted by atomic mass is 32.1. The first-order valence-corrected chi connectivity index (χ1v) is 11.4. The van der Waals surface area contributed by atoms with E-state index >= 15 is 0 Å². The normalized spacial score (nSPS) is 12.6.